The van der Waals surface area contributed by atoms with E-state index in [2.05, 4.69) is 25.7 Å². The lowest BCUT2D eigenvalue weighted by Gasteiger charge is -2.06. The van der Waals surface area contributed by atoms with Gasteiger partial charge in [-0.15, -0.1) is 0 Å². The fourth-order valence-electron chi connectivity index (χ4n) is 0.770. The second kappa shape index (κ2) is 3.87. The zero-order chi connectivity index (χ0) is 10.0. The molecule has 72 valence electrons. The molecule has 0 bridgehead atoms. The van der Waals surface area contributed by atoms with E-state index in [1.54, 1.807) is 0 Å². The first kappa shape index (κ1) is 10.2. The first-order chi connectivity index (χ1) is 6.06. The van der Waals surface area contributed by atoms with Crippen LogP contribution in [-0.4, -0.2) is 17.2 Å². The lowest BCUT2D eigenvalue weighted by molar-refractivity contribution is 0.145. The molecule has 0 saturated heterocycles. The summed E-state index contributed by atoms with van der Waals surface area (Å²) in [6, 6.07) is 0.991. The maximum atomic E-state index is 12.2. The molecule has 0 spiro atoms. The third kappa shape index (κ3) is 2.06. The highest BCUT2D eigenvalue weighted by Crippen LogP contribution is 2.35. The number of methoxy groups -OCH3 is 1. The lowest BCUT2D eigenvalue weighted by Crippen LogP contribution is -1.94. The molecule has 1 aromatic heterocycles. The summed E-state index contributed by atoms with van der Waals surface area (Å²) in [6.07, 6.45) is -2.69. The second-order valence-electron chi connectivity index (χ2n) is 2.19. The third-order valence-electron chi connectivity index (χ3n) is 1.38. The molecule has 0 saturated carbocycles. The van der Waals surface area contributed by atoms with Crippen LogP contribution in [0.15, 0.2) is 10.7 Å². The van der Waals surface area contributed by atoms with Crippen LogP contribution in [-0.2, 0) is 0 Å². The van der Waals surface area contributed by atoms with E-state index in [-0.39, 0.29) is 16.1 Å². The summed E-state index contributed by atoms with van der Waals surface area (Å²) < 4.78 is 29.0. The van der Waals surface area contributed by atoms with Crippen LogP contribution in [0.2, 0.25) is 0 Å². The molecule has 1 heterocycles. The number of aromatic nitrogens is 1. The Balaban J connectivity index is 3.22. The molecule has 0 fully saturated rings. The number of alkyl halides is 2. The van der Waals surface area contributed by atoms with Crippen LogP contribution in [0.1, 0.15) is 12.1 Å². The van der Waals surface area contributed by atoms with Crippen molar-refractivity contribution in [1.82, 2.24) is 4.98 Å². The van der Waals surface area contributed by atoms with Gasteiger partial charge >= 0.3 is 0 Å². The van der Waals surface area contributed by atoms with Crippen LogP contribution in [0, 0.1) is 0 Å². The second-order valence-corrected chi connectivity index (χ2v) is 2.94. The van der Waals surface area contributed by atoms with Crippen LogP contribution in [0.4, 0.5) is 8.78 Å². The van der Waals surface area contributed by atoms with Gasteiger partial charge in [0.05, 0.1) is 7.11 Å². The largest absolute Gasteiger partial charge is 0.502 e. The number of nitrogens with zero attached hydrogens (tertiary/aromatic N) is 1. The van der Waals surface area contributed by atoms with Gasteiger partial charge in [0, 0.05) is 6.07 Å². The van der Waals surface area contributed by atoms with Crippen molar-refractivity contribution in [3.63, 3.8) is 0 Å². The van der Waals surface area contributed by atoms with Gasteiger partial charge in [-0.25, -0.2) is 13.8 Å². The zero-order valence-electron chi connectivity index (χ0n) is 6.59. The van der Waals surface area contributed by atoms with Crippen LogP contribution >= 0.6 is 15.9 Å². The quantitative estimate of drug-likeness (QED) is 0.824. The number of ether oxygens (including phenoxy) is 1. The van der Waals surface area contributed by atoms with Crippen molar-refractivity contribution in [3.8, 4) is 11.5 Å². The number of pyridine rings is 1. The van der Waals surface area contributed by atoms with Crippen molar-refractivity contribution in [1.29, 1.82) is 0 Å². The number of halogens is 3. The van der Waals surface area contributed by atoms with Gasteiger partial charge in [0.2, 0.25) is 0 Å². The van der Waals surface area contributed by atoms with Crippen LogP contribution in [0.5, 0.6) is 11.5 Å². The predicted molar refractivity (Wildman–Crippen MR) is 45.1 cm³/mol. The summed E-state index contributed by atoms with van der Waals surface area (Å²) in [5, 5.41) is 9.22. The maximum absolute atomic E-state index is 12.2. The summed E-state index contributed by atoms with van der Waals surface area (Å²) >= 11 is 2.83. The van der Waals surface area contributed by atoms with E-state index in [1.807, 2.05) is 0 Å². The van der Waals surface area contributed by atoms with Crippen molar-refractivity contribution in [3.05, 3.63) is 16.4 Å². The number of aromatic hydroxyl groups is 1. The molecule has 0 unspecified atom stereocenters. The van der Waals surface area contributed by atoms with Crippen molar-refractivity contribution in [2.24, 2.45) is 0 Å². The highest BCUT2D eigenvalue weighted by atomic mass is 79.9. The molecule has 0 aliphatic rings. The van der Waals surface area contributed by atoms with Crippen molar-refractivity contribution in [2.45, 2.75) is 6.43 Å². The molecular formula is C7H6BrF2NO2. The molecular weight excluding hydrogens is 248 g/mol. The number of hydrogen-bond donors (Lipinski definition) is 1. The molecule has 1 N–H and O–H groups in total. The zero-order valence-corrected chi connectivity index (χ0v) is 8.18. The Labute approximate surface area is 81.5 Å². The molecule has 0 atom stereocenters. The Kier molecular flexibility index (Phi) is 3.02. The minimum absolute atomic E-state index is 0.0304. The van der Waals surface area contributed by atoms with Gasteiger partial charge < -0.3 is 9.84 Å². The fourth-order valence-corrected chi connectivity index (χ4v) is 1.17. The molecule has 6 heteroatoms. The van der Waals surface area contributed by atoms with E-state index in [4.69, 9.17) is 0 Å². The molecule has 1 rings (SSSR count). The molecule has 0 amide bonds. The van der Waals surface area contributed by atoms with Gasteiger partial charge in [-0.05, 0) is 15.9 Å². The van der Waals surface area contributed by atoms with Crippen molar-refractivity contribution in [2.75, 3.05) is 7.11 Å². The van der Waals surface area contributed by atoms with Crippen LogP contribution < -0.4 is 4.74 Å². The van der Waals surface area contributed by atoms with Crippen LogP contribution in [0.3, 0.4) is 0 Å². The summed E-state index contributed by atoms with van der Waals surface area (Å²) in [4.78, 5) is 3.42. The van der Waals surface area contributed by atoms with Gasteiger partial charge in [-0.2, -0.15) is 0 Å². The van der Waals surface area contributed by atoms with Crippen molar-refractivity contribution < 1.29 is 18.6 Å². The van der Waals surface area contributed by atoms with E-state index in [9.17, 15) is 13.9 Å². The molecule has 0 aromatic carbocycles. The average Bonchev–Trinajstić information content (AvgIpc) is 2.09. The Morgan fingerprint density at radius 1 is 1.62 bits per heavy atom. The highest BCUT2D eigenvalue weighted by Gasteiger charge is 2.15. The number of hydrogen-bond acceptors (Lipinski definition) is 3. The Hall–Kier alpha value is -0.910. The molecule has 1 aromatic rings. The molecule has 0 radical (unpaired) electrons. The molecule has 3 nitrogen and oxygen atoms in total. The lowest BCUT2D eigenvalue weighted by atomic mass is 10.3. The first-order valence-corrected chi connectivity index (χ1v) is 4.07. The Morgan fingerprint density at radius 2 is 2.23 bits per heavy atom. The van der Waals surface area contributed by atoms with E-state index in [1.165, 1.54) is 7.11 Å². The van der Waals surface area contributed by atoms with Crippen molar-refractivity contribution >= 4 is 15.9 Å². The molecule has 13 heavy (non-hydrogen) atoms. The van der Waals surface area contributed by atoms with Crippen LogP contribution in [0.25, 0.3) is 0 Å². The highest BCUT2D eigenvalue weighted by molar-refractivity contribution is 9.10. The summed E-state index contributed by atoms with van der Waals surface area (Å²) in [7, 11) is 1.27. The topological polar surface area (TPSA) is 42.4 Å². The van der Waals surface area contributed by atoms with E-state index >= 15 is 0 Å². The van der Waals surface area contributed by atoms with E-state index in [0.29, 0.717) is 0 Å². The fraction of sp³-hybridized carbons (Fsp3) is 0.286. The molecule has 0 aliphatic carbocycles. The van der Waals surface area contributed by atoms with Gasteiger partial charge in [-0.3, -0.25) is 0 Å². The van der Waals surface area contributed by atoms with Gasteiger partial charge in [0.25, 0.3) is 6.43 Å². The number of rotatable bonds is 2. The van der Waals surface area contributed by atoms with E-state index < -0.39 is 12.1 Å². The predicted octanol–water partition coefficient (Wildman–Crippen LogP) is 2.50. The maximum Gasteiger partial charge on any atom is 0.280 e. The summed E-state index contributed by atoms with van der Waals surface area (Å²) in [5.41, 5.74) is -0.443. The molecule has 0 aliphatic heterocycles. The monoisotopic (exact) mass is 253 g/mol. The minimum atomic E-state index is -2.69. The SMILES string of the molecule is COc1cc(C(F)F)nc(Br)c1O. The summed E-state index contributed by atoms with van der Waals surface area (Å²) in [5.74, 6) is -0.316. The first-order valence-electron chi connectivity index (χ1n) is 3.27. The van der Waals surface area contributed by atoms with Gasteiger partial charge in [-0.1, -0.05) is 0 Å². The third-order valence-corrected chi connectivity index (χ3v) is 1.93. The smallest absolute Gasteiger partial charge is 0.280 e. The Bertz CT molecular complexity index is 320. The van der Waals surface area contributed by atoms with E-state index in [0.717, 1.165) is 6.07 Å². The summed E-state index contributed by atoms with van der Waals surface area (Å²) in [6.45, 7) is 0. The normalized spacial score (nSPS) is 10.5. The Morgan fingerprint density at radius 3 is 2.69 bits per heavy atom. The van der Waals surface area contributed by atoms with Gasteiger partial charge in [0.15, 0.2) is 16.1 Å². The average molecular weight is 254 g/mol. The standard InChI is InChI=1S/C7H6BrF2NO2/c1-13-4-2-3(7(9)10)11-6(8)5(4)12/h2,7,12H,1H3. The minimum Gasteiger partial charge on any atom is -0.502 e. The van der Waals surface area contributed by atoms with Gasteiger partial charge in [0.1, 0.15) is 5.69 Å².